The third-order valence-corrected chi connectivity index (χ3v) is 4.29. The average Bonchev–Trinajstić information content (AvgIpc) is 2.72. The molecule has 0 saturated heterocycles. The zero-order valence-electron chi connectivity index (χ0n) is 15.1. The van der Waals surface area contributed by atoms with Crippen molar-refractivity contribution >= 4 is 18.3 Å². The number of hydrogen-bond donors (Lipinski definition) is 2. The fourth-order valence-corrected chi connectivity index (χ4v) is 2.92. The first-order valence-electron chi connectivity index (χ1n) is 8.52. The van der Waals surface area contributed by atoms with Gasteiger partial charge in [-0.05, 0) is 29.3 Å². The minimum absolute atomic E-state index is 0. The first-order valence-corrected chi connectivity index (χ1v) is 8.52. The second-order valence-electron chi connectivity index (χ2n) is 5.95. The smallest absolute Gasteiger partial charge is 0.251 e. The summed E-state index contributed by atoms with van der Waals surface area (Å²) in [4.78, 5) is 12.7. The Kier molecular flexibility index (Phi) is 7.41. The first kappa shape index (κ1) is 20.5. The number of nitrogens with one attached hydrogen (secondary N) is 1. The molecular formula is C22H23ClN2O2. The molecule has 3 aromatic carbocycles. The summed E-state index contributed by atoms with van der Waals surface area (Å²) in [6.07, 6.45) is 0. The van der Waals surface area contributed by atoms with E-state index >= 15 is 0 Å². The molecule has 3 rings (SSSR count). The van der Waals surface area contributed by atoms with E-state index in [1.165, 1.54) is 0 Å². The normalized spacial score (nSPS) is 11.2. The fourth-order valence-electron chi connectivity index (χ4n) is 2.92. The number of ether oxygens (including phenoxy) is 1. The molecular weight excluding hydrogens is 360 g/mol. The highest BCUT2D eigenvalue weighted by atomic mass is 35.5. The minimum Gasteiger partial charge on any atom is -0.496 e. The van der Waals surface area contributed by atoms with E-state index in [0.717, 1.165) is 22.4 Å². The maximum absolute atomic E-state index is 12.7. The van der Waals surface area contributed by atoms with Gasteiger partial charge in [-0.1, -0.05) is 60.7 Å². The van der Waals surface area contributed by atoms with Gasteiger partial charge in [-0.25, -0.2) is 0 Å². The zero-order valence-corrected chi connectivity index (χ0v) is 15.9. The van der Waals surface area contributed by atoms with Gasteiger partial charge >= 0.3 is 0 Å². The van der Waals surface area contributed by atoms with Crippen LogP contribution in [0.2, 0.25) is 0 Å². The average molecular weight is 383 g/mol. The largest absolute Gasteiger partial charge is 0.496 e. The van der Waals surface area contributed by atoms with Gasteiger partial charge in [0.25, 0.3) is 5.91 Å². The highest BCUT2D eigenvalue weighted by Gasteiger charge is 2.15. The maximum atomic E-state index is 12.7. The van der Waals surface area contributed by atoms with E-state index in [1.54, 1.807) is 13.2 Å². The predicted molar refractivity (Wildman–Crippen MR) is 111 cm³/mol. The van der Waals surface area contributed by atoms with E-state index in [-0.39, 0.29) is 24.4 Å². The standard InChI is InChI=1S/C22H22N2O2.ClH/c1-26-21-13-6-5-12-19(21)17-10-7-11-18(14-17)22(25)24-20(15-23)16-8-3-2-4-9-16;/h2-14,20H,15,23H2,1H3,(H,24,25);1H/t20-;/m1./s1. The molecule has 27 heavy (non-hydrogen) atoms. The monoisotopic (exact) mass is 382 g/mol. The van der Waals surface area contributed by atoms with Crippen LogP contribution in [0.4, 0.5) is 0 Å². The van der Waals surface area contributed by atoms with E-state index in [1.807, 2.05) is 72.8 Å². The second-order valence-corrected chi connectivity index (χ2v) is 5.95. The van der Waals surface area contributed by atoms with Crippen molar-refractivity contribution in [1.29, 1.82) is 0 Å². The van der Waals surface area contributed by atoms with E-state index in [2.05, 4.69) is 5.32 Å². The topological polar surface area (TPSA) is 64.3 Å². The molecule has 0 radical (unpaired) electrons. The summed E-state index contributed by atoms with van der Waals surface area (Å²) in [6.45, 7) is 0.335. The third kappa shape index (κ3) is 4.88. The number of rotatable bonds is 6. The summed E-state index contributed by atoms with van der Waals surface area (Å²) in [7, 11) is 1.64. The summed E-state index contributed by atoms with van der Waals surface area (Å²) >= 11 is 0. The molecule has 3 aromatic rings. The molecule has 0 aliphatic heterocycles. The van der Waals surface area contributed by atoms with Crippen LogP contribution in [0.25, 0.3) is 11.1 Å². The lowest BCUT2D eigenvalue weighted by molar-refractivity contribution is 0.0938. The molecule has 0 saturated carbocycles. The van der Waals surface area contributed by atoms with Gasteiger partial charge in [0, 0.05) is 17.7 Å². The summed E-state index contributed by atoms with van der Waals surface area (Å²) in [5.74, 6) is 0.621. The van der Waals surface area contributed by atoms with E-state index in [4.69, 9.17) is 10.5 Å². The number of benzene rings is 3. The number of hydrogen-bond acceptors (Lipinski definition) is 3. The van der Waals surface area contributed by atoms with Gasteiger partial charge in [-0.15, -0.1) is 12.4 Å². The van der Waals surface area contributed by atoms with Crippen molar-refractivity contribution in [2.75, 3.05) is 13.7 Å². The zero-order chi connectivity index (χ0) is 18.4. The lowest BCUT2D eigenvalue weighted by atomic mass is 10.0. The van der Waals surface area contributed by atoms with Gasteiger partial charge in [-0.2, -0.15) is 0 Å². The Labute approximate surface area is 165 Å². The SMILES string of the molecule is COc1ccccc1-c1cccc(C(=O)N[C@H](CN)c2ccccc2)c1.Cl. The summed E-state index contributed by atoms with van der Waals surface area (Å²) in [6, 6.07) is 24.8. The van der Waals surface area contributed by atoms with Crippen LogP contribution in [-0.4, -0.2) is 19.6 Å². The molecule has 5 heteroatoms. The van der Waals surface area contributed by atoms with Gasteiger partial charge in [0.15, 0.2) is 0 Å². The molecule has 0 bridgehead atoms. The van der Waals surface area contributed by atoms with Crippen molar-refractivity contribution in [1.82, 2.24) is 5.32 Å². The first-order chi connectivity index (χ1) is 12.7. The number of methoxy groups -OCH3 is 1. The van der Waals surface area contributed by atoms with Crippen molar-refractivity contribution in [3.63, 3.8) is 0 Å². The summed E-state index contributed by atoms with van der Waals surface area (Å²) in [5.41, 5.74) is 9.31. The lowest BCUT2D eigenvalue weighted by Crippen LogP contribution is -2.33. The number of amides is 1. The third-order valence-electron chi connectivity index (χ3n) is 4.29. The molecule has 1 amide bonds. The van der Waals surface area contributed by atoms with Gasteiger partial charge in [0.1, 0.15) is 5.75 Å². The van der Waals surface area contributed by atoms with Crippen LogP contribution in [0.3, 0.4) is 0 Å². The molecule has 0 aromatic heterocycles. The Bertz CT molecular complexity index is 884. The van der Waals surface area contributed by atoms with Crippen LogP contribution in [-0.2, 0) is 0 Å². The van der Waals surface area contributed by atoms with Crippen LogP contribution in [0, 0.1) is 0 Å². The molecule has 0 aliphatic carbocycles. The van der Waals surface area contributed by atoms with E-state index in [9.17, 15) is 4.79 Å². The number of para-hydroxylation sites is 1. The van der Waals surface area contributed by atoms with Crippen molar-refractivity contribution in [3.05, 3.63) is 90.0 Å². The van der Waals surface area contributed by atoms with Crippen LogP contribution in [0.15, 0.2) is 78.9 Å². The van der Waals surface area contributed by atoms with E-state index < -0.39 is 0 Å². The van der Waals surface area contributed by atoms with Gasteiger partial charge in [-0.3, -0.25) is 4.79 Å². The molecule has 0 aliphatic rings. The highest BCUT2D eigenvalue weighted by Crippen LogP contribution is 2.30. The van der Waals surface area contributed by atoms with E-state index in [0.29, 0.717) is 12.1 Å². The van der Waals surface area contributed by atoms with Gasteiger partial charge < -0.3 is 15.8 Å². The van der Waals surface area contributed by atoms with Crippen molar-refractivity contribution in [3.8, 4) is 16.9 Å². The number of halogens is 1. The molecule has 0 fully saturated rings. The number of nitrogens with two attached hydrogens (primary N) is 1. The van der Waals surface area contributed by atoms with Crippen molar-refractivity contribution in [2.45, 2.75) is 6.04 Å². The van der Waals surface area contributed by atoms with Crippen molar-refractivity contribution in [2.24, 2.45) is 5.73 Å². The molecule has 1 atom stereocenters. The number of carbonyl (C=O) groups excluding carboxylic acids is 1. The maximum Gasteiger partial charge on any atom is 0.251 e. The predicted octanol–water partition coefficient (Wildman–Crippen LogP) is 4.21. The Morgan fingerprint density at radius 1 is 1.00 bits per heavy atom. The summed E-state index contributed by atoms with van der Waals surface area (Å²) < 4.78 is 5.42. The molecule has 0 spiro atoms. The minimum atomic E-state index is -0.224. The Morgan fingerprint density at radius 3 is 2.41 bits per heavy atom. The fraction of sp³-hybridized carbons (Fsp3) is 0.136. The molecule has 3 N–H and O–H groups in total. The lowest BCUT2D eigenvalue weighted by Gasteiger charge is -2.17. The Hall–Kier alpha value is -2.82. The Morgan fingerprint density at radius 2 is 1.70 bits per heavy atom. The van der Waals surface area contributed by atoms with Gasteiger partial charge in [0.05, 0.1) is 13.2 Å². The molecule has 0 unspecified atom stereocenters. The Balaban J connectivity index is 0.00000261. The number of carbonyl (C=O) groups is 1. The van der Waals surface area contributed by atoms with Gasteiger partial charge in [0.2, 0.25) is 0 Å². The molecule has 0 heterocycles. The quantitative estimate of drug-likeness (QED) is 0.671. The second kappa shape index (κ2) is 9.76. The summed E-state index contributed by atoms with van der Waals surface area (Å²) in [5, 5.41) is 3.01. The van der Waals surface area contributed by atoms with Crippen LogP contribution in [0.1, 0.15) is 22.0 Å². The highest BCUT2D eigenvalue weighted by molar-refractivity contribution is 5.96. The molecule has 140 valence electrons. The van der Waals surface area contributed by atoms with Crippen LogP contribution < -0.4 is 15.8 Å². The molecule has 4 nitrogen and oxygen atoms in total. The van der Waals surface area contributed by atoms with Crippen LogP contribution >= 0.6 is 12.4 Å². The van der Waals surface area contributed by atoms with Crippen molar-refractivity contribution < 1.29 is 9.53 Å². The van der Waals surface area contributed by atoms with Crippen LogP contribution in [0.5, 0.6) is 5.75 Å².